The molecule has 3 heteroatoms. The molecule has 0 fully saturated rings. The molecule has 0 N–H and O–H groups in total. The van der Waals surface area contributed by atoms with Gasteiger partial charge in [0.05, 0.1) is 17.3 Å². The highest BCUT2D eigenvalue weighted by Gasteiger charge is 2.06. The minimum absolute atomic E-state index is 0.871. The number of hydrogen-bond donors (Lipinski definition) is 0. The van der Waals surface area contributed by atoms with Crippen LogP contribution in [0.4, 0.5) is 0 Å². The van der Waals surface area contributed by atoms with Crippen LogP contribution >= 0.6 is 11.3 Å². The van der Waals surface area contributed by atoms with Gasteiger partial charge in [0.15, 0.2) is 0 Å². The first-order valence-electron chi connectivity index (χ1n) is 5.78. The molecule has 3 rings (SSSR count). The highest BCUT2D eigenvalue weighted by molar-refractivity contribution is 7.21. The Balaban J connectivity index is 2.07. The number of thiazole rings is 1. The number of aromatic nitrogens is 1. The number of aryl methyl sites for hydroxylation is 1. The average molecular weight is 255 g/mol. The zero-order valence-electron chi connectivity index (χ0n) is 10.3. The maximum atomic E-state index is 5.16. The van der Waals surface area contributed by atoms with E-state index in [4.69, 9.17) is 4.74 Å². The summed E-state index contributed by atoms with van der Waals surface area (Å²) in [6.45, 7) is 2.09. The van der Waals surface area contributed by atoms with Gasteiger partial charge in [0.1, 0.15) is 10.8 Å². The lowest BCUT2D eigenvalue weighted by Gasteiger charge is -1.99. The van der Waals surface area contributed by atoms with Gasteiger partial charge in [-0.25, -0.2) is 4.98 Å². The first-order chi connectivity index (χ1) is 8.76. The molecule has 3 aromatic rings. The van der Waals surface area contributed by atoms with E-state index in [1.165, 1.54) is 10.3 Å². The zero-order chi connectivity index (χ0) is 12.5. The van der Waals surface area contributed by atoms with E-state index in [9.17, 15) is 0 Å². The van der Waals surface area contributed by atoms with E-state index in [1.54, 1.807) is 18.4 Å². The normalized spacial score (nSPS) is 10.8. The first kappa shape index (κ1) is 11.2. The highest BCUT2D eigenvalue weighted by atomic mass is 32.1. The van der Waals surface area contributed by atoms with Crippen molar-refractivity contribution in [1.29, 1.82) is 0 Å². The molecule has 18 heavy (non-hydrogen) atoms. The summed E-state index contributed by atoms with van der Waals surface area (Å²) in [5, 5.41) is 1.05. The summed E-state index contributed by atoms with van der Waals surface area (Å²) >= 11 is 1.72. The molecule has 0 amide bonds. The van der Waals surface area contributed by atoms with Crippen molar-refractivity contribution < 1.29 is 4.74 Å². The molecule has 0 saturated heterocycles. The Kier molecular flexibility index (Phi) is 2.76. The minimum atomic E-state index is 0.871. The molecular formula is C15H13NOS. The lowest BCUT2D eigenvalue weighted by atomic mass is 10.2. The fraction of sp³-hybridized carbons (Fsp3) is 0.133. The van der Waals surface area contributed by atoms with Crippen LogP contribution in [0.3, 0.4) is 0 Å². The van der Waals surface area contributed by atoms with Gasteiger partial charge in [0.25, 0.3) is 0 Å². The van der Waals surface area contributed by atoms with E-state index >= 15 is 0 Å². The minimum Gasteiger partial charge on any atom is -0.497 e. The second kappa shape index (κ2) is 4.42. The summed E-state index contributed by atoms with van der Waals surface area (Å²) in [5.74, 6) is 0.871. The van der Waals surface area contributed by atoms with Crippen molar-refractivity contribution in [3.63, 3.8) is 0 Å². The summed E-state index contributed by atoms with van der Waals surface area (Å²) in [6, 6.07) is 14.4. The van der Waals surface area contributed by atoms with Gasteiger partial charge in [-0.2, -0.15) is 0 Å². The predicted octanol–water partition coefficient (Wildman–Crippen LogP) is 4.28. The van der Waals surface area contributed by atoms with Crippen molar-refractivity contribution in [2.75, 3.05) is 7.11 Å². The van der Waals surface area contributed by atoms with E-state index in [-0.39, 0.29) is 0 Å². The molecule has 2 nitrogen and oxygen atoms in total. The highest BCUT2D eigenvalue weighted by Crippen LogP contribution is 2.31. The van der Waals surface area contributed by atoms with Crippen molar-refractivity contribution in [2.24, 2.45) is 0 Å². The van der Waals surface area contributed by atoms with E-state index in [0.29, 0.717) is 0 Å². The molecule has 2 aromatic carbocycles. The fourth-order valence-corrected chi connectivity index (χ4v) is 2.85. The third-order valence-electron chi connectivity index (χ3n) is 2.88. The number of rotatable bonds is 2. The summed E-state index contributed by atoms with van der Waals surface area (Å²) in [5.41, 5.74) is 3.45. The number of ether oxygens (including phenoxy) is 1. The molecule has 0 atom stereocenters. The van der Waals surface area contributed by atoms with E-state index in [1.807, 2.05) is 24.3 Å². The number of fused-ring (bicyclic) bond motifs is 1. The molecule has 0 bridgehead atoms. The van der Waals surface area contributed by atoms with E-state index in [2.05, 4.69) is 30.1 Å². The van der Waals surface area contributed by atoms with Crippen LogP contribution in [0.2, 0.25) is 0 Å². The zero-order valence-corrected chi connectivity index (χ0v) is 11.1. The number of hydrogen-bond acceptors (Lipinski definition) is 3. The van der Waals surface area contributed by atoms with Crippen LogP contribution in [0.5, 0.6) is 5.75 Å². The first-order valence-corrected chi connectivity index (χ1v) is 6.59. The van der Waals surface area contributed by atoms with Crippen LogP contribution in [-0.2, 0) is 0 Å². The van der Waals surface area contributed by atoms with Crippen molar-refractivity contribution in [2.45, 2.75) is 6.92 Å². The van der Waals surface area contributed by atoms with Gasteiger partial charge in [-0.15, -0.1) is 11.3 Å². The Morgan fingerprint density at radius 1 is 1.06 bits per heavy atom. The summed E-state index contributed by atoms with van der Waals surface area (Å²) in [6.07, 6.45) is 0. The van der Waals surface area contributed by atoms with Crippen molar-refractivity contribution in [3.8, 4) is 16.3 Å². The number of methoxy groups -OCH3 is 1. The third-order valence-corrected chi connectivity index (χ3v) is 3.97. The molecule has 1 heterocycles. The Bertz CT molecular complexity index is 685. The standard InChI is InChI=1S/C15H13NOS/c1-10-3-8-14-13(9-10)16-15(18-14)11-4-6-12(17-2)7-5-11/h3-9H,1-2H3. The molecule has 0 aliphatic carbocycles. The van der Waals surface area contributed by atoms with Gasteiger partial charge >= 0.3 is 0 Å². The van der Waals surface area contributed by atoms with Crippen molar-refractivity contribution in [3.05, 3.63) is 48.0 Å². The molecule has 0 spiro atoms. The second-order valence-electron chi connectivity index (χ2n) is 4.22. The molecular weight excluding hydrogens is 242 g/mol. The molecule has 90 valence electrons. The SMILES string of the molecule is COc1ccc(-c2nc3cc(C)ccc3s2)cc1. The smallest absolute Gasteiger partial charge is 0.124 e. The molecule has 0 radical (unpaired) electrons. The van der Waals surface area contributed by atoms with Gasteiger partial charge in [-0.1, -0.05) is 6.07 Å². The molecule has 0 saturated carbocycles. The largest absolute Gasteiger partial charge is 0.497 e. The Hall–Kier alpha value is -1.87. The van der Waals surface area contributed by atoms with Crippen molar-refractivity contribution >= 4 is 21.6 Å². The summed E-state index contributed by atoms with van der Waals surface area (Å²) < 4.78 is 6.39. The molecule has 1 aromatic heterocycles. The number of nitrogens with zero attached hydrogens (tertiary/aromatic N) is 1. The lowest BCUT2D eigenvalue weighted by Crippen LogP contribution is -1.82. The van der Waals surface area contributed by atoms with Gasteiger partial charge < -0.3 is 4.74 Å². The van der Waals surface area contributed by atoms with Crippen LogP contribution in [-0.4, -0.2) is 12.1 Å². The van der Waals surface area contributed by atoms with Crippen LogP contribution in [0.15, 0.2) is 42.5 Å². The van der Waals surface area contributed by atoms with Gasteiger partial charge in [0.2, 0.25) is 0 Å². The topological polar surface area (TPSA) is 22.1 Å². The van der Waals surface area contributed by atoms with Crippen molar-refractivity contribution in [1.82, 2.24) is 4.98 Å². The van der Waals surface area contributed by atoms with E-state index in [0.717, 1.165) is 21.8 Å². The molecule has 0 aliphatic rings. The molecule has 0 unspecified atom stereocenters. The maximum absolute atomic E-state index is 5.16. The van der Waals surface area contributed by atoms with Gasteiger partial charge in [-0.05, 0) is 48.9 Å². The molecule has 0 aliphatic heterocycles. The van der Waals surface area contributed by atoms with Crippen LogP contribution in [0.1, 0.15) is 5.56 Å². The van der Waals surface area contributed by atoms with Gasteiger partial charge in [-0.3, -0.25) is 0 Å². The quantitative estimate of drug-likeness (QED) is 0.682. The Morgan fingerprint density at radius 2 is 1.83 bits per heavy atom. The lowest BCUT2D eigenvalue weighted by molar-refractivity contribution is 0.415. The number of benzene rings is 2. The monoisotopic (exact) mass is 255 g/mol. The third kappa shape index (κ3) is 1.97. The summed E-state index contributed by atoms with van der Waals surface area (Å²) in [4.78, 5) is 4.68. The van der Waals surface area contributed by atoms with Crippen LogP contribution < -0.4 is 4.74 Å². The maximum Gasteiger partial charge on any atom is 0.124 e. The van der Waals surface area contributed by atoms with Gasteiger partial charge in [0, 0.05) is 5.56 Å². The average Bonchev–Trinajstić information content (AvgIpc) is 2.81. The van der Waals surface area contributed by atoms with E-state index < -0.39 is 0 Å². The van der Waals surface area contributed by atoms with Crippen LogP contribution in [0, 0.1) is 6.92 Å². The fourth-order valence-electron chi connectivity index (χ4n) is 1.89. The Labute approximate surface area is 110 Å². The predicted molar refractivity (Wildman–Crippen MR) is 76.3 cm³/mol. The second-order valence-corrected chi connectivity index (χ2v) is 5.25. The van der Waals surface area contributed by atoms with Crippen LogP contribution in [0.25, 0.3) is 20.8 Å². The Morgan fingerprint density at radius 3 is 2.56 bits per heavy atom. The summed E-state index contributed by atoms with van der Waals surface area (Å²) in [7, 11) is 1.68.